The van der Waals surface area contributed by atoms with Crippen molar-refractivity contribution in [2.75, 3.05) is 18.1 Å². The van der Waals surface area contributed by atoms with E-state index in [1.165, 1.54) is 5.56 Å². The van der Waals surface area contributed by atoms with Gasteiger partial charge in [-0.3, -0.25) is 9.97 Å². The Morgan fingerprint density at radius 3 is 2.23 bits per heavy atom. The Kier molecular flexibility index (Phi) is 6.57. The minimum Gasteiger partial charge on any atom is -0.479 e. The Labute approximate surface area is 182 Å². The van der Waals surface area contributed by atoms with Crippen LogP contribution in [0, 0.1) is 0 Å². The number of aliphatic carboxylic acids is 1. The van der Waals surface area contributed by atoms with Crippen molar-refractivity contribution in [3.63, 3.8) is 0 Å². The number of pyridine rings is 2. The van der Waals surface area contributed by atoms with Crippen LogP contribution in [0.5, 0.6) is 0 Å². The summed E-state index contributed by atoms with van der Waals surface area (Å²) >= 11 is 0. The number of fused-ring (bicyclic) bond motifs is 2. The summed E-state index contributed by atoms with van der Waals surface area (Å²) in [7, 11) is 0. The molecule has 1 atom stereocenters. The monoisotopic (exact) mass is 417 g/mol. The second-order valence-electron chi connectivity index (χ2n) is 7.67. The van der Waals surface area contributed by atoms with Crippen molar-refractivity contribution in [3.8, 4) is 0 Å². The lowest BCUT2D eigenvalue weighted by Crippen LogP contribution is -2.26. The standard InChI is InChI=1S/C25H27N3O3/c1-2-31-24(25(29)30)16-19-11-9-18(10-12-19)6-5-15-28-22-7-3-13-26-20(22)17-21-23(28)8-4-14-27-21/h3-4,7-14,24H,2,5-6,15-17H2,1H3,(H,29,30). The number of carbonyl (C=O) groups is 1. The Balaban J connectivity index is 1.39. The van der Waals surface area contributed by atoms with Gasteiger partial charge in [0.2, 0.25) is 0 Å². The van der Waals surface area contributed by atoms with Crippen LogP contribution in [0.25, 0.3) is 0 Å². The first-order valence-electron chi connectivity index (χ1n) is 10.7. The smallest absolute Gasteiger partial charge is 0.333 e. The number of benzene rings is 1. The van der Waals surface area contributed by atoms with Gasteiger partial charge in [0.25, 0.3) is 0 Å². The molecule has 0 radical (unpaired) electrons. The summed E-state index contributed by atoms with van der Waals surface area (Å²) < 4.78 is 5.31. The van der Waals surface area contributed by atoms with Crippen LogP contribution in [0.3, 0.4) is 0 Å². The second-order valence-corrected chi connectivity index (χ2v) is 7.67. The quantitative estimate of drug-likeness (QED) is 0.563. The number of nitrogens with zero attached hydrogens (tertiary/aromatic N) is 3. The number of hydrogen-bond donors (Lipinski definition) is 1. The van der Waals surface area contributed by atoms with E-state index in [0.717, 1.165) is 54.1 Å². The average Bonchev–Trinajstić information content (AvgIpc) is 2.79. The SMILES string of the molecule is CCOC(Cc1ccc(CCCN2c3cccnc3Cc3ncccc32)cc1)C(=O)O. The van der Waals surface area contributed by atoms with Crippen molar-refractivity contribution < 1.29 is 14.6 Å². The molecule has 0 aliphatic carbocycles. The number of hydrogen-bond acceptors (Lipinski definition) is 5. The molecule has 3 heterocycles. The molecule has 0 spiro atoms. The number of aryl methyl sites for hydroxylation is 1. The van der Waals surface area contributed by atoms with E-state index in [1.807, 2.05) is 43.6 Å². The van der Waals surface area contributed by atoms with Crippen LogP contribution in [0.2, 0.25) is 0 Å². The zero-order chi connectivity index (χ0) is 21.6. The second kappa shape index (κ2) is 9.71. The largest absolute Gasteiger partial charge is 0.479 e. The van der Waals surface area contributed by atoms with Crippen molar-refractivity contribution in [2.45, 2.75) is 38.7 Å². The maximum absolute atomic E-state index is 11.3. The molecule has 1 aromatic carbocycles. The van der Waals surface area contributed by atoms with Crippen molar-refractivity contribution >= 4 is 17.3 Å². The molecule has 0 amide bonds. The summed E-state index contributed by atoms with van der Waals surface area (Å²) in [6.07, 6.45) is 5.96. The lowest BCUT2D eigenvalue weighted by molar-refractivity contribution is -0.149. The van der Waals surface area contributed by atoms with Crippen molar-refractivity contribution in [2.24, 2.45) is 0 Å². The van der Waals surface area contributed by atoms with Crippen LogP contribution in [0.1, 0.15) is 35.9 Å². The summed E-state index contributed by atoms with van der Waals surface area (Å²) in [5.41, 5.74) is 6.67. The molecule has 1 aliphatic rings. The first kappa shape index (κ1) is 21.0. The summed E-state index contributed by atoms with van der Waals surface area (Å²) in [6, 6.07) is 16.4. The minimum absolute atomic E-state index is 0.380. The van der Waals surface area contributed by atoms with E-state index in [9.17, 15) is 9.90 Å². The molecule has 0 saturated carbocycles. The molecular weight excluding hydrogens is 390 g/mol. The van der Waals surface area contributed by atoms with Crippen molar-refractivity contribution in [1.29, 1.82) is 0 Å². The van der Waals surface area contributed by atoms with Crippen molar-refractivity contribution in [1.82, 2.24) is 9.97 Å². The fourth-order valence-electron chi connectivity index (χ4n) is 4.07. The molecule has 0 saturated heterocycles. The van der Waals surface area contributed by atoms with Crippen molar-refractivity contribution in [3.05, 3.63) is 83.4 Å². The van der Waals surface area contributed by atoms with Gasteiger partial charge in [-0.05, 0) is 55.2 Å². The third-order valence-electron chi connectivity index (χ3n) is 5.58. The van der Waals surface area contributed by atoms with E-state index in [0.29, 0.717) is 13.0 Å². The Bertz CT molecular complexity index is 991. The van der Waals surface area contributed by atoms with Crippen LogP contribution < -0.4 is 4.90 Å². The minimum atomic E-state index is -0.919. The lowest BCUT2D eigenvalue weighted by Gasteiger charge is -2.32. The molecule has 1 aliphatic heterocycles. The van der Waals surface area contributed by atoms with Crippen LogP contribution in [-0.4, -0.2) is 40.3 Å². The van der Waals surface area contributed by atoms with E-state index in [-0.39, 0.29) is 0 Å². The summed E-state index contributed by atoms with van der Waals surface area (Å²) in [6.45, 7) is 3.08. The highest BCUT2D eigenvalue weighted by atomic mass is 16.5. The molecule has 1 unspecified atom stereocenters. The molecule has 0 fully saturated rings. The molecule has 160 valence electrons. The molecule has 31 heavy (non-hydrogen) atoms. The highest BCUT2D eigenvalue weighted by Gasteiger charge is 2.23. The normalized spacial score (nSPS) is 13.4. The fourth-order valence-corrected chi connectivity index (χ4v) is 4.07. The molecule has 0 bridgehead atoms. The lowest BCUT2D eigenvalue weighted by atomic mass is 10.0. The van der Waals surface area contributed by atoms with E-state index in [4.69, 9.17) is 4.74 Å². The summed E-state index contributed by atoms with van der Waals surface area (Å²) in [5, 5.41) is 9.26. The first-order valence-corrected chi connectivity index (χ1v) is 10.7. The maximum atomic E-state index is 11.3. The molecule has 2 aromatic heterocycles. The number of carboxylic acid groups (broad SMARTS) is 1. The van der Waals surface area contributed by atoms with E-state index in [2.05, 4.69) is 39.1 Å². The maximum Gasteiger partial charge on any atom is 0.333 e. The van der Waals surface area contributed by atoms with Gasteiger partial charge in [0, 0.05) is 38.4 Å². The van der Waals surface area contributed by atoms with Gasteiger partial charge in [-0.1, -0.05) is 24.3 Å². The van der Waals surface area contributed by atoms with Gasteiger partial charge in [0.15, 0.2) is 6.10 Å². The number of carboxylic acids is 1. The van der Waals surface area contributed by atoms with Crippen LogP contribution in [0.4, 0.5) is 11.4 Å². The van der Waals surface area contributed by atoms with Gasteiger partial charge >= 0.3 is 5.97 Å². The van der Waals surface area contributed by atoms with Gasteiger partial charge in [-0.15, -0.1) is 0 Å². The molecule has 1 N–H and O–H groups in total. The van der Waals surface area contributed by atoms with Gasteiger partial charge < -0.3 is 14.7 Å². The molecule has 4 rings (SSSR count). The third-order valence-corrected chi connectivity index (χ3v) is 5.58. The number of anilines is 2. The first-order chi connectivity index (χ1) is 15.2. The van der Waals surface area contributed by atoms with Crippen LogP contribution in [0.15, 0.2) is 60.9 Å². The Morgan fingerprint density at radius 1 is 1.03 bits per heavy atom. The Morgan fingerprint density at radius 2 is 1.65 bits per heavy atom. The highest BCUT2D eigenvalue weighted by Crippen LogP contribution is 2.36. The average molecular weight is 418 g/mol. The summed E-state index contributed by atoms with van der Waals surface area (Å²) in [5.74, 6) is -0.919. The zero-order valence-electron chi connectivity index (χ0n) is 17.7. The van der Waals surface area contributed by atoms with E-state index in [1.54, 1.807) is 0 Å². The third kappa shape index (κ3) is 4.91. The topological polar surface area (TPSA) is 75.5 Å². The fraction of sp³-hybridized carbons (Fsp3) is 0.320. The predicted molar refractivity (Wildman–Crippen MR) is 120 cm³/mol. The number of aromatic nitrogens is 2. The van der Waals surface area contributed by atoms with Gasteiger partial charge in [-0.2, -0.15) is 0 Å². The van der Waals surface area contributed by atoms with E-state index >= 15 is 0 Å². The van der Waals surface area contributed by atoms with Crippen LogP contribution in [-0.2, 0) is 28.8 Å². The highest BCUT2D eigenvalue weighted by molar-refractivity contribution is 5.73. The molecule has 3 aromatic rings. The molecule has 6 heteroatoms. The van der Waals surface area contributed by atoms with Crippen LogP contribution >= 0.6 is 0 Å². The Hall–Kier alpha value is -3.25. The van der Waals surface area contributed by atoms with Gasteiger partial charge in [0.05, 0.1) is 22.8 Å². The number of rotatable bonds is 9. The van der Waals surface area contributed by atoms with Gasteiger partial charge in [-0.25, -0.2) is 4.79 Å². The summed E-state index contributed by atoms with van der Waals surface area (Å²) in [4.78, 5) is 22.7. The number of ether oxygens (including phenoxy) is 1. The molecular formula is C25H27N3O3. The van der Waals surface area contributed by atoms with Gasteiger partial charge in [0.1, 0.15) is 0 Å². The van der Waals surface area contributed by atoms with E-state index < -0.39 is 12.1 Å². The predicted octanol–water partition coefficient (Wildman–Crippen LogP) is 4.18. The zero-order valence-corrected chi connectivity index (χ0v) is 17.7. The molecule has 6 nitrogen and oxygen atoms in total.